The second-order valence-corrected chi connectivity index (χ2v) is 3.54. The molecule has 0 aliphatic heterocycles. The highest BCUT2D eigenvalue weighted by Crippen LogP contribution is 2.21. The fourth-order valence-corrected chi connectivity index (χ4v) is 1.35. The molecule has 0 aliphatic rings. The topological polar surface area (TPSA) is 76.7 Å². The number of hydrogen-bond donors (Lipinski definition) is 2. The number of nitrogens with two attached hydrogens (primary N) is 1. The van der Waals surface area contributed by atoms with Crippen molar-refractivity contribution in [2.75, 3.05) is 7.11 Å². The molecule has 0 radical (unpaired) electrons. The van der Waals surface area contributed by atoms with E-state index >= 15 is 0 Å². The van der Waals surface area contributed by atoms with Crippen molar-refractivity contribution in [2.24, 2.45) is 10.8 Å². The lowest BCUT2D eigenvalue weighted by atomic mass is 10.2. The van der Waals surface area contributed by atoms with Gasteiger partial charge in [0.2, 0.25) is 0 Å². The van der Waals surface area contributed by atoms with E-state index in [0.29, 0.717) is 5.75 Å². The van der Waals surface area contributed by atoms with Crippen LogP contribution >= 0.6 is 15.9 Å². The Kier molecular flexibility index (Phi) is 4.11. The van der Waals surface area contributed by atoms with E-state index in [1.54, 1.807) is 13.2 Å². The van der Waals surface area contributed by atoms with Crippen molar-refractivity contribution in [1.29, 1.82) is 0 Å². The number of nitrogens with one attached hydrogen (secondary N) is 1. The van der Waals surface area contributed by atoms with Crippen LogP contribution in [0.2, 0.25) is 0 Å². The van der Waals surface area contributed by atoms with E-state index in [1.807, 2.05) is 12.1 Å². The highest BCUT2D eigenvalue weighted by molar-refractivity contribution is 9.10. The summed E-state index contributed by atoms with van der Waals surface area (Å²) < 4.78 is 5.99. The van der Waals surface area contributed by atoms with Gasteiger partial charge in [-0.15, -0.1) is 0 Å². The summed E-state index contributed by atoms with van der Waals surface area (Å²) in [5.74, 6) is 0.660. The molecule has 5 nitrogen and oxygen atoms in total. The maximum atomic E-state index is 10.4. The lowest BCUT2D eigenvalue weighted by molar-refractivity contribution is 0.249. The molecule has 15 heavy (non-hydrogen) atoms. The molecule has 0 heterocycles. The average molecular weight is 272 g/mol. The van der Waals surface area contributed by atoms with Gasteiger partial charge < -0.3 is 10.5 Å². The molecule has 80 valence electrons. The maximum absolute atomic E-state index is 10.4. The van der Waals surface area contributed by atoms with Crippen molar-refractivity contribution in [3.05, 3.63) is 28.2 Å². The number of urea groups is 1. The Bertz CT molecular complexity index is 393. The number of benzene rings is 1. The van der Waals surface area contributed by atoms with Crippen molar-refractivity contribution in [1.82, 2.24) is 5.43 Å². The predicted octanol–water partition coefficient (Wildman–Crippen LogP) is 1.46. The summed E-state index contributed by atoms with van der Waals surface area (Å²) in [5, 5.41) is 3.64. The molecule has 0 aliphatic carbocycles. The van der Waals surface area contributed by atoms with Crippen LogP contribution in [-0.2, 0) is 0 Å². The lowest BCUT2D eigenvalue weighted by Crippen LogP contribution is -2.24. The Morgan fingerprint density at radius 3 is 3.00 bits per heavy atom. The third-order valence-electron chi connectivity index (χ3n) is 1.57. The number of carbonyl (C=O) groups excluding carboxylic acids is 1. The largest absolute Gasteiger partial charge is 0.496 e. The number of primary amides is 1. The number of methoxy groups -OCH3 is 1. The van der Waals surface area contributed by atoms with Crippen molar-refractivity contribution < 1.29 is 9.53 Å². The average Bonchev–Trinajstić information content (AvgIpc) is 2.17. The third-order valence-corrected chi connectivity index (χ3v) is 2.06. The van der Waals surface area contributed by atoms with Gasteiger partial charge in [-0.3, -0.25) is 0 Å². The molecule has 0 fully saturated rings. The van der Waals surface area contributed by atoms with Gasteiger partial charge in [-0.2, -0.15) is 5.10 Å². The standard InChI is InChI=1S/C9H10BrN3O2/c1-15-8-3-2-7(10)4-6(8)5-12-13-9(11)14/h2-5H,1H3,(H3,11,13,14). The first-order chi connectivity index (χ1) is 7.13. The number of rotatable bonds is 3. The number of hydrogen-bond acceptors (Lipinski definition) is 3. The molecule has 0 unspecified atom stereocenters. The number of ether oxygens (including phenoxy) is 1. The third kappa shape index (κ3) is 3.59. The van der Waals surface area contributed by atoms with Crippen molar-refractivity contribution >= 4 is 28.2 Å². The van der Waals surface area contributed by atoms with E-state index in [1.165, 1.54) is 6.21 Å². The SMILES string of the molecule is COc1ccc(Br)cc1C=NNC(N)=O. The van der Waals surface area contributed by atoms with E-state index in [2.05, 4.69) is 26.5 Å². The lowest BCUT2D eigenvalue weighted by Gasteiger charge is -2.04. The van der Waals surface area contributed by atoms with Crippen LogP contribution in [0.4, 0.5) is 4.79 Å². The summed E-state index contributed by atoms with van der Waals surface area (Å²) in [5.41, 5.74) is 7.69. The summed E-state index contributed by atoms with van der Waals surface area (Å²) >= 11 is 3.32. The van der Waals surface area contributed by atoms with Crippen LogP contribution in [0.3, 0.4) is 0 Å². The molecule has 0 bridgehead atoms. The fourth-order valence-electron chi connectivity index (χ4n) is 0.972. The molecule has 3 N–H and O–H groups in total. The zero-order valence-electron chi connectivity index (χ0n) is 8.03. The van der Waals surface area contributed by atoms with E-state index < -0.39 is 6.03 Å². The molecule has 0 aromatic heterocycles. The Labute approximate surface area is 95.4 Å². The van der Waals surface area contributed by atoms with Crippen LogP contribution in [0.25, 0.3) is 0 Å². The molecule has 6 heteroatoms. The molecule has 0 saturated heterocycles. The van der Waals surface area contributed by atoms with Gasteiger partial charge in [0.15, 0.2) is 0 Å². The summed E-state index contributed by atoms with van der Waals surface area (Å²) in [7, 11) is 1.56. The molecule has 1 rings (SSSR count). The van der Waals surface area contributed by atoms with E-state index in [-0.39, 0.29) is 0 Å². The molecule has 1 aromatic rings. The Morgan fingerprint density at radius 1 is 1.67 bits per heavy atom. The zero-order chi connectivity index (χ0) is 11.3. The van der Waals surface area contributed by atoms with E-state index in [0.717, 1.165) is 10.0 Å². The van der Waals surface area contributed by atoms with Gasteiger partial charge in [-0.05, 0) is 18.2 Å². The van der Waals surface area contributed by atoms with Gasteiger partial charge in [0.05, 0.1) is 13.3 Å². The minimum atomic E-state index is -0.708. The minimum absolute atomic E-state index is 0.660. The van der Waals surface area contributed by atoms with Crippen LogP contribution in [0.5, 0.6) is 5.75 Å². The van der Waals surface area contributed by atoms with E-state index in [9.17, 15) is 4.79 Å². The summed E-state index contributed by atoms with van der Waals surface area (Å²) in [6.45, 7) is 0. The minimum Gasteiger partial charge on any atom is -0.496 e. The smallest absolute Gasteiger partial charge is 0.332 e. The molecule has 2 amide bonds. The Hall–Kier alpha value is -1.56. The predicted molar refractivity (Wildman–Crippen MR) is 61.0 cm³/mol. The molecule has 1 aromatic carbocycles. The first-order valence-corrected chi connectivity index (χ1v) is 4.85. The van der Waals surface area contributed by atoms with Gasteiger partial charge in [-0.25, -0.2) is 10.2 Å². The fraction of sp³-hybridized carbons (Fsp3) is 0.111. The first-order valence-electron chi connectivity index (χ1n) is 4.05. The number of halogens is 1. The second-order valence-electron chi connectivity index (χ2n) is 2.62. The molecule has 0 atom stereocenters. The number of carbonyl (C=O) groups is 1. The van der Waals surface area contributed by atoms with Crippen molar-refractivity contribution in [3.63, 3.8) is 0 Å². The van der Waals surface area contributed by atoms with Crippen LogP contribution in [0.15, 0.2) is 27.8 Å². The van der Waals surface area contributed by atoms with Gasteiger partial charge in [-0.1, -0.05) is 15.9 Å². The van der Waals surface area contributed by atoms with Gasteiger partial charge in [0, 0.05) is 10.0 Å². The van der Waals surface area contributed by atoms with Crippen molar-refractivity contribution in [2.45, 2.75) is 0 Å². The van der Waals surface area contributed by atoms with Gasteiger partial charge >= 0.3 is 6.03 Å². The molecular weight excluding hydrogens is 262 g/mol. The highest BCUT2D eigenvalue weighted by Gasteiger charge is 2.00. The normalized spacial score (nSPS) is 10.3. The Balaban J connectivity index is 2.87. The van der Waals surface area contributed by atoms with E-state index in [4.69, 9.17) is 10.5 Å². The molecular formula is C9H10BrN3O2. The van der Waals surface area contributed by atoms with Crippen molar-refractivity contribution in [3.8, 4) is 5.75 Å². The summed E-state index contributed by atoms with van der Waals surface area (Å²) in [6, 6.07) is 4.73. The van der Waals surface area contributed by atoms with Crippen LogP contribution in [0.1, 0.15) is 5.56 Å². The zero-order valence-corrected chi connectivity index (χ0v) is 9.61. The number of hydrazone groups is 1. The quantitative estimate of drug-likeness (QED) is 0.645. The number of nitrogens with zero attached hydrogens (tertiary/aromatic N) is 1. The van der Waals surface area contributed by atoms with Crippen LogP contribution < -0.4 is 15.9 Å². The van der Waals surface area contributed by atoms with Crippen LogP contribution in [0, 0.1) is 0 Å². The number of amides is 2. The monoisotopic (exact) mass is 271 g/mol. The summed E-state index contributed by atoms with van der Waals surface area (Å²) in [6.07, 6.45) is 1.45. The Morgan fingerprint density at radius 2 is 2.40 bits per heavy atom. The highest BCUT2D eigenvalue weighted by atomic mass is 79.9. The molecule has 0 saturated carbocycles. The first kappa shape index (κ1) is 11.5. The summed E-state index contributed by atoms with van der Waals surface area (Å²) in [4.78, 5) is 10.4. The second kappa shape index (κ2) is 5.35. The van der Waals surface area contributed by atoms with Gasteiger partial charge in [0.25, 0.3) is 0 Å². The molecule has 0 spiro atoms. The van der Waals surface area contributed by atoms with Crippen LogP contribution in [-0.4, -0.2) is 19.4 Å². The van der Waals surface area contributed by atoms with Gasteiger partial charge in [0.1, 0.15) is 5.75 Å². The maximum Gasteiger partial charge on any atom is 0.332 e.